The summed E-state index contributed by atoms with van der Waals surface area (Å²) in [5, 5.41) is 13.9. The van der Waals surface area contributed by atoms with Crippen LogP contribution in [-0.2, 0) is 10.2 Å². The third kappa shape index (κ3) is 3.27. The van der Waals surface area contributed by atoms with Gasteiger partial charge >= 0.3 is 0 Å². The van der Waals surface area contributed by atoms with Gasteiger partial charge < -0.3 is 16.2 Å². The van der Waals surface area contributed by atoms with Crippen molar-refractivity contribution < 1.29 is 18.7 Å². The number of nitrogens with zero attached hydrogens (tertiary/aromatic N) is 1. The zero-order chi connectivity index (χ0) is 22.0. The number of nitrogens with one attached hydrogen (secondary N) is 1. The van der Waals surface area contributed by atoms with Crippen molar-refractivity contribution in [2.45, 2.75) is 62.8 Å². The maximum absolute atomic E-state index is 13.7. The van der Waals surface area contributed by atoms with E-state index >= 15 is 0 Å². The number of aliphatic imine (C=N–C) groups is 1. The highest BCUT2D eigenvalue weighted by molar-refractivity contribution is 6.07. The highest BCUT2D eigenvalue weighted by atomic mass is 19.3. The van der Waals surface area contributed by atoms with Crippen LogP contribution in [0.1, 0.15) is 55.2 Å². The van der Waals surface area contributed by atoms with Gasteiger partial charge in [-0.3, -0.25) is 9.79 Å². The molecule has 1 spiro atoms. The number of halogens is 2. The summed E-state index contributed by atoms with van der Waals surface area (Å²) in [7, 11) is 0. The van der Waals surface area contributed by atoms with Crippen LogP contribution in [0.3, 0.4) is 0 Å². The van der Waals surface area contributed by atoms with Crippen LogP contribution >= 0.6 is 0 Å². The van der Waals surface area contributed by atoms with Gasteiger partial charge in [-0.1, -0.05) is 18.2 Å². The molecule has 2 saturated carbocycles. The minimum absolute atomic E-state index is 0.0539. The lowest BCUT2D eigenvalue weighted by atomic mass is 9.69. The third-order valence-corrected chi connectivity index (χ3v) is 6.87. The lowest BCUT2D eigenvalue weighted by Gasteiger charge is -2.35. The van der Waals surface area contributed by atoms with Crippen molar-refractivity contribution in [3.8, 4) is 16.9 Å². The Balaban J connectivity index is 1.54. The quantitative estimate of drug-likeness (QED) is 0.495. The Morgan fingerprint density at radius 1 is 1.16 bits per heavy atom. The highest BCUT2D eigenvalue weighted by Crippen LogP contribution is 2.52. The fourth-order valence-electron chi connectivity index (χ4n) is 4.86. The Labute approximate surface area is 179 Å². The van der Waals surface area contributed by atoms with Crippen molar-refractivity contribution in [1.82, 2.24) is 0 Å². The van der Waals surface area contributed by atoms with Gasteiger partial charge in [-0.25, -0.2) is 8.78 Å². The lowest BCUT2D eigenvalue weighted by molar-refractivity contribution is -0.125. The molecule has 0 unspecified atom stereocenters. The predicted octanol–water partition coefficient (Wildman–Crippen LogP) is 4.63. The second-order valence-electron chi connectivity index (χ2n) is 9.05. The maximum atomic E-state index is 13.7. The molecule has 3 aliphatic rings. The molecule has 0 atom stereocenters. The number of carbonyl (C=O) groups excluding carboxylic acids is 1. The van der Waals surface area contributed by atoms with E-state index in [0.29, 0.717) is 22.6 Å². The summed E-state index contributed by atoms with van der Waals surface area (Å²) in [6.45, 7) is 1.89. The summed E-state index contributed by atoms with van der Waals surface area (Å²) in [6.07, 6.45) is 1.71. The second kappa shape index (κ2) is 6.77. The van der Waals surface area contributed by atoms with Crippen LogP contribution in [0.4, 0.5) is 14.5 Å². The highest BCUT2D eigenvalue weighted by Gasteiger charge is 2.52. The van der Waals surface area contributed by atoms with E-state index in [0.717, 1.165) is 29.5 Å². The molecule has 1 heterocycles. The smallest absolute Gasteiger partial charge is 0.248 e. The van der Waals surface area contributed by atoms with E-state index in [2.05, 4.69) is 10.3 Å². The number of aromatic hydroxyl groups is 1. The van der Waals surface area contributed by atoms with Crippen LogP contribution in [0.5, 0.6) is 5.75 Å². The van der Waals surface area contributed by atoms with E-state index in [1.54, 1.807) is 6.07 Å². The molecule has 31 heavy (non-hydrogen) atoms. The molecule has 2 aromatic rings. The fraction of sp³-hybridized carbons (Fsp3) is 0.417. The molecule has 5 nitrogen and oxygen atoms in total. The number of hydrogen-bond donors (Lipinski definition) is 3. The summed E-state index contributed by atoms with van der Waals surface area (Å²) in [4.78, 5) is 17.3. The molecular formula is C24H25F2N3O2. The number of aryl methyl sites for hydroxylation is 1. The Bertz CT molecular complexity index is 1110. The molecule has 1 amide bonds. The fourth-order valence-corrected chi connectivity index (χ4v) is 4.86. The van der Waals surface area contributed by atoms with Gasteiger partial charge in [0.25, 0.3) is 0 Å². The molecule has 162 valence electrons. The molecule has 0 aromatic heterocycles. The molecular weight excluding hydrogens is 400 g/mol. The van der Waals surface area contributed by atoms with Gasteiger partial charge in [0.1, 0.15) is 11.6 Å². The summed E-state index contributed by atoms with van der Waals surface area (Å²) >= 11 is 0. The first-order chi connectivity index (χ1) is 14.7. The first kappa shape index (κ1) is 20.0. The number of phenolic OH excluding ortho intramolecular Hbond substituents is 1. The van der Waals surface area contributed by atoms with Crippen molar-refractivity contribution in [1.29, 1.82) is 0 Å². The molecule has 5 rings (SSSR count). The van der Waals surface area contributed by atoms with Crippen LogP contribution in [0, 0.1) is 6.92 Å². The van der Waals surface area contributed by atoms with E-state index in [1.807, 2.05) is 31.2 Å². The number of rotatable bonds is 3. The van der Waals surface area contributed by atoms with Crippen LogP contribution in [0.15, 0.2) is 35.3 Å². The summed E-state index contributed by atoms with van der Waals surface area (Å²) < 4.78 is 27.4. The number of hydrogen-bond acceptors (Lipinski definition) is 3. The first-order valence-corrected chi connectivity index (χ1v) is 10.7. The predicted molar refractivity (Wildman–Crippen MR) is 116 cm³/mol. The van der Waals surface area contributed by atoms with Crippen LogP contribution in [0.25, 0.3) is 11.1 Å². The van der Waals surface area contributed by atoms with Crippen molar-refractivity contribution in [2.75, 3.05) is 5.32 Å². The number of anilines is 1. The Morgan fingerprint density at radius 3 is 2.55 bits per heavy atom. The molecule has 0 radical (unpaired) electrons. The number of amidine groups is 1. The number of benzene rings is 2. The van der Waals surface area contributed by atoms with Gasteiger partial charge in [0, 0.05) is 24.1 Å². The molecule has 2 aliphatic carbocycles. The lowest BCUT2D eigenvalue weighted by Crippen LogP contribution is -2.41. The van der Waals surface area contributed by atoms with Crippen molar-refractivity contribution in [3.05, 3.63) is 47.0 Å². The summed E-state index contributed by atoms with van der Waals surface area (Å²) in [5.41, 5.74) is 9.32. The van der Waals surface area contributed by atoms with E-state index < -0.39 is 11.3 Å². The minimum atomic E-state index is -2.71. The number of alkyl halides is 2. The SMILES string of the molecule is Cc1ccc(C(N)=NC2CC2)c(O)c1-c1ccc2c(c1)NC(=O)C21CCC(F)(F)CC1. The first-order valence-electron chi connectivity index (χ1n) is 10.7. The molecule has 7 heteroatoms. The van der Waals surface area contributed by atoms with E-state index in [9.17, 15) is 18.7 Å². The molecule has 0 bridgehead atoms. The standard InChI is InChI=1S/C24H25F2N3O2/c1-13-2-6-16(21(27)28-15-4-5-15)20(30)19(13)14-3-7-17-18(12-14)29-22(31)23(17)8-10-24(25,26)11-9-23/h2-3,6-7,12,15,30H,4-5,8-11H2,1H3,(H2,27,28)(H,29,31). The van der Waals surface area contributed by atoms with E-state index in [1.165, 1.54) is 0 Å². The molecule has 2 fully saturated rings. The topological polar surface area (TPSA) is 87.7 Å². The Hall–Kier alpha value is -2.96. The zero-order valence-electron chi connectivity index (χ0n) is 17.3. The molecule has 0 saturated heterocycles. The van der Waals surface area contributed by atoms with Gasteiger partial charge in [0.2, 0.25) is 11.8 Å². The van der Waals surface area contributed by atoms with Crippen molar-refractivity contribution in [2.24, 2.45) is 10.7 Å². The van der Waals surface area contributed by atoms with E-state index in [4.69, 9.17) is 5.73 Å². The van der Waals surface area contributed by atoms with Gasteiger partial charge in [-0.05, 0) is 61.4 Å². The number of amides is 1. The number of carbonyl (C=O) groups is 1. The number of nitrogens with two attached hydrogens (primary N) is 1. The minimum Gasteiger partial charge on any atom is -0.507 e. The van der Waals surface area contributed by atoms with Gasteiger partial charge in [-0.2, -0.15) is 0 Å². The second-order valence-corrected chi connectivity index (χ2v) is 9.05. The average Bonchev–Trinajstić information content (AvgIpc) is 3.48. The average molecular weight is 425 g/mol. The largest absolute Gasteiger partial charge is 0.507 e. The van der Waals surface area contributed by atoms with Crippen molar-refractivity contribution >= 4 is 17.4 Å². The van der Waals surface area contributed by atoms with E-state index in [-0.39, 0.29) is 43.4 Å². The number of fused-ring (bicyclic) bond motifs is 2. The zero-order valence-corrected chi connectivity index (χ0v) is 17.3. The summed E-state index contributed by atoms with van der Waals surface area (Å²) in [6, 6.07) is 9.37. The maximum Gasteiger partial charge on any atom is 0.248 e. The normalized spacial score (nSPS) is 21.8. The van der Waals surface area contributed by atoms with Crippen LogP contribution in [0.2, 0.25) is 0 Å². The summed E-state index contributed by atoms with van der Waals surface area (Å²) in [5.74, 6) is -2.55. The Kier molecular flexibility index (Phi) is 4.36. The molecule has 4 N–H and O–H groups in total. The van der Waals surface area contributed by atoms with Crippen molar-refractivity contribution in [3.63, 3.8) is 0 Å². The Morgan fingerprint density at radius 2 is 1.87 bits per heavy atom. The third-order valence-electron chi connectivity index (χ3n) is 6.87. The van der Waals surface area contributed by atoms with Crippen LogP contribution in [-0.4, -0.2) is 28.8 Å². The van der Waals surface area contributed by atoms with Crippen LogP contribution < -0.4 is 11.1 Å². The molecule has 1 aliphatic heterocycles. The number of phenols is 1. The van der Waals surface area contributed by atoms with Gasteiger partial charge in [-0.15, -0.1) is 0 Å². The van der Waals surface area contributed by atoms with Gasteiger partial charge in [0.05, 0.1) is 17.0 Å². The molecule has 2 aromatic carbocycles. The monoisotopic (exact) mass is 425 g/mol. The van der Waals surface area contributed by atoms with Gasteiger partial charge in [0.15, 0.2) is 0 Å².